The van der Waals surface area contributed by atoms with Crippen molar-refractivity contribution in [3.8, 4) is 11.8 Å². The second-order valence-corrected chi connectivity index (χ2v) is 4.78. The van der Waals surface area contributed by atoms with E-state index in [2.05, 4.69) is 4.74 Å². The van der Waals surface area contributed by atoms with Gasteiger partial charge in [-0.25, -0.2) is 4.79 Å². The van der Waals surface area contributed by atoms with Gasteiger partial charge in [0.25, 0.3) is 0 Å². The monoisotopic (exact) mass is 309 g/mol. The summed E-state index contributed by atoms with van der Waals surface area (Å²) in [6, 6.07) is 6.67. The predicted molar refractivity (Wildman–Crippen MR) is 76.3 cm³/mol. The molecule has 7 heteroatoms. The van der Waals surface area contributed by atoms with Crippen LogP contribution < -0.4 is 5.73 Å². The molecule has 0 unspecified atom stereocenters. The summed E-state index contributed by atoms with van der Waals surface area (Å²) in [4.78, 5) is 11.8. The third-order valence-electron chi connectivity index (χ3n) is 2.67. The number of methoxy groups -OCH3 is 1. The Morgan fingerprint density at radius 1 is 1.35 bits per heavy atom. The van der Waals surface area contributed by atoms with Gasteiger partial charge >= 0.3 is 5.97 Å². The van der Waals surface area contributed by atoms with Gasteiger partial charge in [-0.05, 0) is 18.2 Å². The number of nitrogens with zero attached hydrogens (tertiary/aromatic N) is 2. The first kappa shape index (κ1) is 14.3. The van der Waals surface area contributed by atoms with Gasteiger partial charge in [0.1, 0.15) is 6.07 Å². The van der Waals surface area contributed by atoms with E-state index in [4.69, 9.17) is 34.2 Å². The van der Waals surface area contributed by atoms with Crippen molar-refractivity contribution >= 4 is 34.9 Å². The number of nitrogen functional groups attached to an aromatic ring is 1. The first-order chi connectivity index (χ1) is 9.47. The molecule has 0 aliphatic carbocycles. The number of ether oxygens (including phenoxy) is 1. The van der Waals surface area contributed by atoms with E-state index in [1.807, 2.05) is 6.07 Å². The predicted octanol–water partition coefficient (Wildman–Crippen LogP) is 3.02. The van der Waals surface area contributed by atoms with Crippen LogP contribution in [0.5, 0.6) is 0 Å². The molecule has 0 aliphatic rings. The third-order valence-corrected chi connectivity index (χ3v) is 3.11. The lowest BCUT2D eigenvalue weighted by molar-refractivity contribution is 0.0593. The molecular weight excluding hydrogens is 301 g/mol. The molecule has 0 atom stereocenters. The molecule has 0 amide bonds. The largest absolute Gasteiger partial charge is 0.464 e. The highest BCUT2D eigenvalue weighted by atomic mass is 35.5. The van der Waals surface area contributed by atoms with Crippen molar-refractivity contribution in [2.45, 2.75) is 0 Å². The fourth-order valence-electron chi connectivity index (χ4n) is 1.80. The summed E-state index contributed by atoms with van der Waals surface area (Å²) in [7, 11) is 1.23. The van der Waals surface area contributed by atoms with E-state index in [1.165, 1.54) is 17.9 Å². The van der Waals surface area contributed by atoms with Crippen molar-refractivity contribution in [2.24, 2.45) is 0 Å². The lowest BCUT2D eigenvalue weighted by atomic mass is 10.2. The summed E-state index contributed by atoms with van der Waals surface area (Å²) < 4.78 is 6.11. The molecule has 0 saturated heterocycles. The number of aromatic nitrogens is 1. The molecule has 20 heavy (non-hydrogen) atoms. The number of benzene rings is 1. The van der Waals surface area contributed by atoms with Crippen LogP contribution in [0.1, 0.15) is 16.1 Å². The molecule has 0 fully saturated rings. The van der Waals surface area contributed by atoms with Crippen molar-refractivity contribution in [2.75, 3.05) is 12.8 Å². The molecule has 2 aromatic rings. The number of halogens is 2. The second-order valence-electron chi connectivity index (χ2n) is 3.91. The summed E-state index contributed by atoms with van der Waals surface area (Å²) in [5.41, 5.74) is 6.58. The van der Waals surface area contributed by atoms with E-state index >= 15 is 0 Å². The number of nitrogens with two attached hydrogens (primary N) is 1. The van der Waals surface area contributed by atoms with Crippen molar-refractivity contribution in [1.29, 1.82) is 5.26 Å². The van der Waals surface area contributed by atoms with E-state index in [9.17, 15) is 4.79 Å². The fraction of sp³-hybridized carbons (Fsp3) is 0.0769. The number of hydrogen-bond donors (Lipinski definition) is 1. The van der Waals surface area contributed by atoms with E-state index in [0.29, 0.717) is 15.7 Å². The Bertz CT molecular complexity index is 712. The maximum atomic E-state index is 11.8. The minimum atomic E-state index is -0.653. The molecular formula is C13H9Cl2N3O2. The Labute approximate surface area is 125 Å². The zero-order chi connectivity index (χ0) is 14.9. The quantitative estimate of drug-likeness (QED) is 0.865. The van der Waals surface area contributed by atoms with Crippen LogP contribution in [0.25, 0.3) is 5.69 Å². The molecule has 1 aromatic heterocycles. The summed E-state index contributed by atoms with van der Waals surface area (Å²) in [6.45, 7) is 0. The normalized spacial score (nSPS) is 10.1. The molecule has 1 heterocycles. The molecule has 0 radical (unpaired) electrons. The molecule has 0 bridgehead atoms. The second kappa shape index (κ2) is 5.45. The van der Waals surface area contributed by atoms with Gasteiger partial charge in [0, 0.05) is 21.9 Å². The highest BCUT2D eigenvalue weighted by Gasteiger charge is 2.21. The average molecular weight is 310 g/mol. The Kier molecular flexibility index (Phi) is 3.89. The van der Waals surface area contributed by atoms with Crippen molar-refractivity contribution in [3.63, 3.8) is 0 Å². The fourth-order valence-corrected chi connectivity index (χ4v) is 2.31. The van der Waals surface area contributed by atoms with Crippen LogP contribution in [0.3, 0.4) is 0 Å². The van der Waals surface area contributed by atoms with Crippen molar-refractivity contribution in [3.05, 3.63) is 45.7 Å². The molecule has 1 aromatic carbocycles. The Morgan fingerprint density at radius 3 is 2.45 bits per heavy atom. The summed E-state index contributed by atoms with van der Waals surface area (Å²) in [5.74, 6) is -0.653. The highest BCUT2D eigenvalue weighted by molar-refractivity contribution is 6.34. The summed E-state index contributed by atoms with van der Waals surface area (Å²) in [6.07, 6.45) is 1.43. The minimum Gasteiger partial charge on any atom is -0.464 e. The van der Waals surface area contributed by atoms with Crippen LogP contribution >= 0.6 is 23.2 Å². The van der Waals surface area contributed by atoms with E-state index < -0.39 is 5.97 Å². The van der Waals surface area contributed by atoms with Crippen LogP contribution in [0.4, 0.5) is 5.69 Å². The topological polar surface area (TPSA) is 81.0 Å². The van der Waals surface area contributed by atoms with Crippen molar-refractivity contribution < 1.29 is 9.53 Å². The molecule has 102 valence electrons. The zero-order valence-electron chi connectivity index (χ0n) is 10.4. The zero-order valence-corrected chi connectivity index (χ0v) is 11.9. The van der Waals surface area contributed by atoms with Gasteiger partial charge in [-0.15, -0.1) is 0 Å². The Morgan fingerprint density at radius 2 is 1.95 bits per heavy atom. The number of hydrogen-bond acceptors (Lipinski definition) is 4. The van der Waals surface area contributed by atoms with Crippen LogP contribution in [-0.2, 0) is 4.74 Å². The minimum absolute atomic E-state index is 0.0513. The third kappa shape index (κ3) is 2.44. The first-order valence-electron chi connectivity index (χ1n) is 5.43. The maximum Gasteiger partial charge on any atom is 0.357 e. The SMILES string of the molecule is COC(=O)c1c(N)c(C#N)cn1-c1cc(Cl)cc(Cl)c1. The summed E-state index contributed by atoms with van der Waals surface area (Å²) >= 11 is 11.9. The van der Waals surface area contributed by atoms with Crippen LogP contribution in [-0.4, -0.2) is 17.6 Å². The van der Waals surface area contributed by atoms with Gasteiger partial charge in [-0.2, -0.15) is 5.26 Å². The number of carbonyl (C=O) groups excluding carboxylic acids is 1. The molecule has 2 rings (SSSR count). The van der Waals surface area contributed by atoms with Gasteiger partial charge in [0.15, 0.2) is 5.69 Å². The van der Waals surface area contributed by atoms with Crippen LogP contribution in [0.2, 0.25) is 10.0 Å². The number of carbonyl (C=O) groups is 1. The standard InChI is InChI=1S/C13H9Cl2N3O2/c1-20-13(19)12-11(17)7(5-16)6-18(12)10-3-8(14)2-9(15)4-10/h2-4,6H,17H2,1H3. The molecule has 0 aliphatic heterocycles. The summed E-state index contributed by atoms with van der Waals surface area (Å²) in [5, 5.41) is 9.81. The van der Waals surface area contributed by atoms with Gasteiger partial charge < -0.3 is 15.0 Å². The molecule has 0 spiro atoms. The van der Waals surface area contributed by atoms with E-state index in [0.717, 1.165) is 0 Å². The first-order valence-corrected chi connectivity index (χ1v) is 6.19. The molecule has 5 nitrogen and oxygen atoms in total. The van der Waals surface area contributed by atoms with Gasteiger partial charge in [-0.1, -0.05) is 23.2 Å². The Balaban J connectivity index is 2.73. The lowest BCUT2D eigenvalue weighted by Gasteiger charge is -2.09. The maximum absolute atomic E-state index is 11.8. The van der Waals surface area contributed by atoms with Crippen LogP contribution in [0.15, 0.2) is 24.4 Å². The highest BCUT2D eigenvalue weighted by Crippen LogP contribution is 2.28. The van der Waals surface area contributed by atoms with E-state index in [-0.39, 0.29) is 16.9 Å². The lowest BCUT2D eigenvalue weighted by Crippen LogP contribution is -2.11. The van der Waals surface area contributed by atoms with Gasteiger partial charge in [0.2, 0.25) is 0 Å². The van der Waals surface area contributed by atoms with Crippen molar-refractivity contribution in [1.82, 2.24) is 4.57 Å². The molecule has 2 N–H and O–H groups in total. The van der Waals surface area contributed by atoms with Gasteiger partial charge in [-0.3, -0.25) is 0 Å². The van der Waals surface area contributed by atoms with Crippen LogP contribution in [0, 0.1) is 11.3 Å². The average Bonchev–Trinajstić information content (AvgIpc) is 2.73. The number of nitriles is 1. The smallest absolute Gasteiger partial charge is 0.357 e. The van der Waals surface area contributed by atoms with E-state index in [1.54, 1.807) is 18.2 Å². The number of rotatable bonds is 2. The molecule has 0 saturated carbocycles. The number of anilines is 1. The number of esters is 1. The van der Waals surface area contributed by atoms with Gasteiger partial charge in [0.05, 0.1) is 18.4 Å². The Hall–Kier alpha value is -2.16.